The molecule has 1 aliphatic heterocycles. The molecule has 0 fully saturated rings. The number of hydrogen-bond donors (Lipinski definition) is 2. The first-order chi connectivity index (χ1) is 16.0. The molecule has 0 aliphatic carbocycles. The third kappa shape index (κ3) is 3.82. The zero-order valence-electron chi connectivity index (χ0n) is 18.3. The van der Waals surface area contributed by atoms with Gasteiger partial charge in [0.25, 0.3) is 5.91 Å². The maximum Gasteiger partial charge on any atom is 0.255 e. The van der Waals surface area contributed by atoms with Crippen LogP contribution in [0.1, 0.15) is 25.5 Å². The molecule has 1 amide bonds. The van der Waals surface area contributed by atoms with Gasteiger partial charge in [-0.15, -0.1) is 0 Å². The van der Waals surface area contributed by atoms with Crippen molar-refractivity contribution in [2.75, 3.05) is 17.2 Å². The van der Waals surface area contributed by atoms with Crippen LogP contribution in [0.15, 0.2) is 84.1 Å². The summed E-state index contributed by atoms with van der Waals surface area (Å²) < 4.78 is 21.0. The van der Waals surface area contributed by atoms with E-state index in [0.29, 0.717) is 29.5 Å². The second-order valence-corrected chi connectivity index (χ2v) is 7.82. The molecule has 2 N–H and O–H groups in total. The Balaban J connectivity index is 1.62. The van der Waals surface area contributed by atoms with Crippen LogP contribution in [0.25, 0.3) is 11.0 Å². The Morgan fingerprint density at radius 2 is 1.82 bits per heavy atom. The summed E-state index contributed by atoms with van der Waals surface area (Å²) in [6.07, 6.45) is 0. The van der Waals surface area contributed by atoms with E-state index in [1.165, 1.54) is 12.1 Å². The summed E-state index contributed by atoms with van der Waals surface area (Å²) in [7, 11) is 0. The molecular formula is C26H23FN4O2. The maximum atomic E-state index is 13.5. The van der Waals surface area contributed by atoms with E-state index in [1.54, 1.807) is 12.1 Å². The van der Waals surface area contributed by atoms with Crippen LogP contribution < -0.4 is 15.4 Å². The molecular weight excluding hydrogens is 419 g/mol. The molecule has 0 saturated carbocycles. The molecule has 0 saturated heterocycles. The van der Waals surface area contributed by atoms with Crippen molar-refractivity contribution >= 4 is 28.6 Å². The Morgan fingerprint density at radius 3 is 2.55 bits per heavy atom. The Kier molecular flexibility index (Phi) is 5.30. The monoisotopic (exact) mass is 442 g/mol. The van der Waals surface area contributed by atoms with Gasteiger partial charge in [-0.05, 0) is 67.9 Å². The largest absolute Gasteiger partial charge is 0.494 e. The van der Waals surface area contributed by atoms with Crippen molar-refractivity contribution in [3.63, 3.8) is 0 Å². The highest BCUT2D eigenvalue weighted by Crippen LogP contribution is 2.39. The molecule has 1 aromatic heterocycles. The molecule has 5 rings (SSSR count). The van der Waals surface area contributed by atoms with Gasteiger partial charge in [-0.1, -0.05) is 24.3 Å². The molecule has 0 unspecified atom stereocenters. The number of fused-ring (bicyclic) bond motifs is 3. The Morgan fingerprint density at radius 1 is 1.09 bits per heavy atom. The predicted molar refractivity (Wildman–Crippen MR) is 127 cm³/mol. The molecule has 0 radical (unpaired) electrons. The minimum atomic E-state index is -0.412. The number of carbonyl (C=O) groups is 1. The minimum Gasteiger partial charge on any atom is -0.494 e. The molecule has 7 heteroatoms. The highest BCUT2D eigenvalue weighted by molar-refractivity contribution is 6.06. The van der Waals surface area contributed by atoms with Gasteiger partial charge in [0.15, 0.2) is 0 Å². The van der Waals surface area contributed by atoms with Crippen molar-refractivity contribution in [3.8, 4) is 5.75 Å². The second-order valence-electron chi connectivity index (χ2n) is 7.82. The SMILES string of the molecule is CCOc1ccc([C@H]2C(C(=O)Nc3ccc(F)cc3)=C(C)Nc3nc4ccccc4n32)cc1. The summed E-state index contributed by atoms with van der Waals surface area (Å²) in [5.74, 6) is 0.813. The van der Waals surface area contributed by atoms with E-state index >= 15 is 0 Å². The van der Waals surface area contributed by atoms with E-state index in [1.807, 2.05) is 66.9 Å². The van der Waals surface area contributed by atoms with Crippen molar-refractivity contribution in [2.24, 2.45) is 0 Å². The van der Waals surface area contributed by atoms with Gasteiger partial charge in [-0.2, -0.15) is 0 Å². The van der Waals surface area contributed by atoms with Crippen LogP contribution in [0.2, 0.25) is 0 Å². The molecule has 166 valence electrons. The van der Waals surface area contributed by atoms with Gasteiger partial charge in [-0.25, -0.2) is 9.37 Å². The van der Waals surface area contributed by atoms with E-state index in [2.05, 4.69) is 10.6 Å². The van der Waals surface area contributed by atoms with Crippen LogP contribution in [-0.2, 0) is 4.79 Å². The molecule has 3 aromatic carbocycles. The van der Waals surface area contributed by atoms with Crippen LogP contribution in [0.4, 0.5) is 16.0 Å². The lowest BCUT2D eigenvalue weighted by atomic mass is 9.94. The number of imidazole rings is 1. The Bertz CT molecular complexity index is 1360. The number of allylic oxidation sites excluding steroid dienone is 1. The number of nitrogens with one attached hydrogen (secondary N) is 2. The highest BCUT2D eigenvalue weighted by atomic mass is 19.1. The number of nitrogens with zero attached hydrogens (tertiary/aromatic N) is 2. The first-order valence-electron chi connectivity index (χ1n) is 10.8. The van der Waals surface area contributed by atoms with Crippen LogP contribution in [0.5, 0.6) is 5.75 Å². The van der Waals surface area contributed by atoms with Gasteiger partial charge >= 0.3 is 0 Å². The molecule has 1 aliphatic rings. The summed E-state index contributed by atoms with van der Waals surface area (Å²) in [5, 5.41) is 6.20. The van der Waals surface area contributed by atoms with E-state index in [9.17, 15) is 9.18 Å². The fourth-order valence-corrected chi connectivity index (χ4v) is 4.22. The van der Waals surface area contributed by atoms with Gasteiger partial charge in [0.05, 0.1) is 29.3 Å². The lowest BCUT2D eigenvalue weighted by Crippen LogP contribution is -2.30. The summed E-state index contributed by atoms with van der Waals surface area (Å²) >= 11 is 0. The number of rotatable bonds is 5. The average molecular weight is 442 g/mol. The number of amides is 1. The minimum absolute atomic E-state index is 0.270. The first kappa shape index (κ1) is 20.8. The van der Waals surface area contributed by atoms with Gasteiger partial charge in [0.1, 0.15) is 11.6 Å². The van der Waals surface area contributed by atoms with Gasteiger partial charge in [0.2, 0.25) is 5.95 Å². The van der Waals surface area contributed by atoms with Crippen molar-refractivity contribution in [3.05, 3.63) is 95.4 Å². The molecule has 4 aromatic rings. The predicted octanol–water partition coefficient (Wildman–Crippen LogP) is 5.50. The summed E-state index contributed by atoms with van der Waals surface area (Å²) in [5.41, 5.74) is 4.46. The van der Waals surface area contributed by atoms with Gasteiger partial charge in [-0.3, -0.25) is 9.36 Å². The first-order valence-corrected chi connectivity index (χ1v) is 10.8. The maximum absolute atomic E-state index is 13.5. The van der Waals surface area contributed by atoms with Crippen LogP contribution in [0.3, 0.4) is 0 Å². The van der Waals surface area contributed by atoms with Crippen LogP contribution >= 0.6 is 0 Å². The normalized spacial score (nSPS) is 15.2. The molecule has 2 heterocycles. The second kappa shape index (κ2) is 8.43. The molecule has 1 atom stereocenters. The number of anilines is 2. The van der Waals surface area contributed by atoms with Crippen molar-refractivity contribution in [1.82, 2.24) is 9.55 Å². The highest BCUT2D eigenvalue weighted by Gasteiger charge is 2.34. The topological polar surface area (TPSA) is 68.2 Å². The van der Waals surface area contributed by atoms with Gasteiger partial charge in [0, 0.05) is 11.4 Å². The number of ether oxygens (including phenoxy) is 1. The lowest BCUT2D eigenvalue weighted by molar-refractivity contribution is -0.113. The molecule has 33 heavy (non-hydrogen) atoms. The van der Waals surface area contributed by atoms with Crippen LogP contribution in [-0.4, -0.2) is 22.1 Å². The van der Waals surface area contributed by atoms with E-state index in [-0.39, 0.29) is 11.7 Å². The third-order valence-electron chi connectivity index (χ3n) is 5.68. The van der Waals surface area contributed by atoms with Crippen LogP contribution in [0, 0.1) is 5.82 Å². The molecule has 0 spiro atoms. The molecule has 0 bridgehead atoms. The number of halogens is 1. The van der Waals surface area contributed by atoms with E-state index < -0.39 is 6.04 Å². The molecule has 6 nitrogen and oxygen atoms in total. The zero-order chi connectivity index (χ0) is 22.9. The lowest BCUT2D eigenvalue weighted by Gasteiger charge is -2.30. The van der Waals surface area contributed by atoms with Crippen molar-refractivity contribution < 1.29 is 13.9 Å². The van der Waals surface area contributed by atoms with Crippen molar-refractivity contribution in [2.45, 2.75) is 19.9 Å². The fourth-order valence-electron chi connectivity index (χ4n) is 4.22. The third-order valence-corrected chi connectivity index (χ3v) is 5.68. The van der Waals surface area contributed by atoms with E-state index in [0.717, 1.165) is 22.3 Å². The smallest absolute Gasteiger partial charge is 0.255 e. The quantitative estimate of drug-likeness (QED) is 0.428. The summed E-state index contributed by atoms with van der Waals surface area (Å²) in [6.45, 7) is 4.38. The average Bonchev–Trinajstić information content (AvgIpc) is 3.18. The number of hydrogen-bond acceptors (Lipinski definition) is 4. The zero-order valence-corrected chi connectivity index (χ0v) is 18.3. The van der Waals surface area contributed by atoms with E-state index in [4.69, 9.17) is 9.72 Å². The summed E-state index contributed by atoms with van der Waals surface area (Å²) in [6, 6.07) is 20.9. The van der Waals surface area contributed by atoms with Crippen molar-refractivity contribution in [1.29, 1.82) is 0 Å². The fraction of sp³-hybridized carbons (Fsp3) is 0.154. The Hall–Kier alpha value is -4.13. The Labute approximate surface area is 190 Å². The standard InChI is InChI=1S/C26H23FN4O2/c1-3-33-20-14-8-17(9-15-20)24-23(25(32)29-19-12-10-18(27)11-13-19)16(2)28-26-30-21-6-4-5-7-22(21)31(24)26/h4-15,24H,3H2,1-2H3,(H,28,30)(H,29,32)/t24-/m0/s1. The number of benzene rings is 3. The number of para-hydroxylation sites is 2. The number of carbonyl (C=O) groups excluding carboxylic acids is 1. The number of aromatic nitrogens is 2. The summed E-state index contributed by atoms with van der Waals surface area (Å²) in [4.78, 5) is 18.3. The van der Waals surface area contributed by atoms with Gasteiger partial charge < -0.3 is 15.4 Å².